The third-order valence-corrected chi connectivity index (χ3v) is 5.20. The highest BCUT2D eigenvalue weighted by Gasteiger charge is 2.37. The SMILES string of the molecule is CC(=O)OC[C@H](OC(C)=O)[C@H](OC(C)=O)[C@H](/C=N/N(C)c1nc(-c2ccccc2)cs1)OC(C)=O. The number of anilines is 1. The standard InChI is InChI=1S/C23H27N3O8S/c1-14(27)31-12-21(33-16(3)29)22(34-17(4)30)20(32-15(2)28)11-24-26(5)23-25-19(13-35-23)18-9-7-6-8-10-18/h6-11,13,20-22H,12H2,1-5H3/b24-11+/t20-,21-,22+/m0/s1. The van der Waals surface area contributed by atoms with Gasteiger partial charge in [0.1, 0.15) is 6.61 Å². The molecule has 12 heteroatoms. The molecule has 0 saturated carbocycles. The fourth-order valence-corrected chi connectivity index (χ4v) is 3.65. The van der Waals surface area contributed by atoms with Gasteiger partial charge in [0.15, 0.2) is 18.3 Å². The molecule has 1 aromatic heterocycles. The zero-order valence-corrected chi connectivity index (χ0v) is 20.8. The van der Waals surface area contributed by atoms with Gasteiger partial charge in [0, 0.05) is 45.7 Å². The van der Waals surface area contributed by atoms with Crippen LogP contribution in [0.15, 0.2) is 40.8 Å². The van der Waals surface area contributed by atoms with E-state index in [-0.39, 0.29) is 0 Å². The molecule has 0 saturated heterocycles. The normalized spacial score (nSPS) is 13.4. The van der Waals surface area contributed by atoms with Gasteiger partial charge in [-0.15, -0.1) is 11.3 Å². The molecule has 0 aliphatic rings. The van der Waals surface area contributed by atoms with Gasteiger partial charge in [0.2, 0.25) is 5.13 Å². The molecular weight excluding hydrogens is 478 g/mol. The van der Waals surface area contributed by atoms with Gasteiger partial charge in [-0.25, -0.2) is 9.99 Å². The number of thiazole rings is 1. The number of aromatic nitrogens is 1. The lowest BCUT2D eigenvalue weighted by Gasteiger charge is -2.30. The maximum absolute atomic E-state index is 11.8. The van der Waals surface area contributed by atoms with Crippen LogP contribution in [0.2, 0.25) is 0 Å². The molecule has 0 N–H and O–H groups in total. The lowest BCUT2D eigenvalue weighted by Crippen LogP contribution is -2.48. The second kappa shape index (κ2) is 13.2. The number of nitrogens with zero attached hydrogens (tertiary/aromatic N) is 3. The number of hydrogen-bond acceptors (Lipinski definition) is 12. The van der Waals surface area contributed by atoms with Crippen LogP contribution in [0, 0.1) is 0 Å². The van der Waals surface area contributed by atoms with E-state index in [0.717, 1.165) is 32.0 Å². The summed E-state index contributed by atoms with van der Waals surface area (Å²) in [7, 11) is 1.64. The first-order valence-corrected chi connectivity index (χ1v) is 11.4. The molecule has 0 fully saturated rings. The summed E-state index contributed by atoms with van der Waals surface area (Å²) in [6.45, 7) is 4.18. The Bertz CT molecular complexity index is 1060. The molecule has 0 spiro atoms. The van der Waals surface area contributed by atoms with Crippen molar-refractivity contribution in [3.05, 3.63) is 35.7 Å². The molecule has 1 aromatic carbocycles. The van der Waals surface area contributed by atoms with E-state index in [1.807, 2.05) is 35.7 Å². The molecule has 35 heavy (non-hydrogen) atoms. The summed E-state index contributed by atoms with van der Waals surface area (Å²) in [4.78, 5) is 51.1. The maximum Gasteiger partial charge on any atom is 0.303 e. The second-order valence-corrected chi connectivity index (χ2v) is 8.10. The highest BCUT2D eigenvalue weighted by atomic mass is 32.1. The third-order valence-electron chi connectivity index (χ3n) is 4.29. The fraction of sp³-hybridized carbons (Fsp3) is 0.391. The van der Waals surface area contributed by atoms with Gasteiger partial charge in [-0.05, 0) is 0 Å². The molecule has 0 aliphatic carbocycles. The minimum atomic E-state index is -1.34. The van der Waals surface area contributed by atoms with E-state index >= 15 is 0 Å². The summed E-state index contributed by atoms with van der Waals surface area (Å²) in [6, 6.07) is 9.59. The summed E-state index contributed by atoms with van der Waals surface area (Å²) in [5, 5.41) is 8.15. The molecular formula is C23H27N3O8S. The molecule has 0 unspecified atom stereocenters. The summed E-state index contributed by atoms with van der Waals surface area (Å²) in [5.41, 5.74) is 1.70. The summed E-state index contributed by atoms with van der Waals surface area (Å²) >= 11 is 1.34. The molecule has 2 rings (SSSR count). The van der Waals surface area contributed by atoms with Gasteiger partial charge in [-0.3, -0.25) is 19.2 Å². The third kappa shape index (κ3) is 9.16. The van der Waals surface area contributed by atoms with Gasteiger partial charge in [0.25, 0.3) is 0 Å². The van der Waals surface area contributed by atoms with E-state index < -0.39 is 48.8 Å². The van der Waals surface area contributed by atoms with Crippen LogP contribution in [0.4, 0.5) is 5.13 Å². The number of esters is 4. The summed E-state index contributed by atoms with van der Waals surface area (Å²) < 4.78 is 20.8. The van der Waals surface area contributed by atoms with Crippen LogP contribution in [-0.4, -0.2) is 67.0 Å². The van der Waals surface area contributed by atoms with E-state index in [1.165, 1.54) is 29.5 Å². The predicted molar refractivity (Wildman–Crippen MR) is 128 cm³/mol. The zero-order chi connectivity index (χ0) is 26.0. The van der Waals surface area contributed by atoms with E-state index in [9.17, 15) is 19.2 Å². The Morgan fingerprint density at radius 3 is 2.17 bits per heavy atom. The van der Waals surface area contributed by atoms with Gasteiger partial charge >= 0.3 is 23.9 Å². The lowest BCUT2D eigenvalue weighted by molar-refractivity contribution is -0.183. The Hall–Kier alpha value is -3.80. The number of ether oxygens (including phenoxy) is 4. The van der Waals surface area contributed by atoms with Crippen molar-refractivity contribution in [3.8, 4) is 11.3 Å². The van der Waals surface area contributed by atoms with Crippen molar-refractivity contribution in [1.82, 2.24) is 4.98 Å². The van der Waals surface area contributed by atoms with Crippen molar-refractivity contribution in [2.45, 2.75) is 46.0 Å². The predicted octanol–water partition coefficient (Wildman–Crippen LogP) is 2.59. The average Bonchev–Trinajstić information content (AvgIpc) is 3.28. The van der Waals surface area contributed by atoms with Crippen LogP contribution in [0.5, 0.6) is 0 Å². The number of carbonyl (C=O) groups is 4. The first-order valence-electron chi connectivity index (χ1n) is 10.5. The average molecular weight is 506 g/mol. The molecule has 11 nitrogen and oxygen atoms in total. The molecule has 0 amide bonds. The fourth-order valence-electron chi connectivity index (χ4n) is 2.90. The number of benzene rings is 1. The molecule has 2 aromatic rings. The molecule has 0 bridgehead atoms. The highest BCUT2D eigenvalue weighted by Crippen LogP contribution is 2.26. The minimum absolute atomic E-state index is 0.429. The highest BCUT2D eigenvalue weighted by molar-refractivity contribution is 7.14. The first-order chi connectivity index (χ1) is 16.6. The zero-order valence-electron chi connectivity index (χ0n) is 20.0. The monoisotopic (exact) mass is 505 g/mol. The van der Waals surface area contributed by atoms with Crippen molar-refractivity contribution in [2.75, 3.05) is 18.7 Å². The van der Waals surface area contributed by atoms with Crippen molar-refractivity contribution < 1.29 is 38.1 Å². The number of hydrogen-bond donors (Lipinski definition) is 0. The number of carbonyl (C=O) groups excluding carboxylic acids is 4. The van der Waals surface area contributed by atoms with Gasteiger partial charge in [-0.1, -0.05) is 30.3 Å². The van der Waals surface area contributed by atoms with E-state index in [2.05, 4.69) is 10.1 Å². The quantitative estimate of drug-likeness (QED) is 0.194. The van der Waals surface area contributed by atoms with E-state index in [1.54, 1.807) is 7.05 Å². The largest absolute Gasteiger partial charge is 0.462 e. The Balaban J connectivity index is 2.31. The second-order valence-electron chi connectivity index (χ2n) is 7.27. The topological polar surface area (TPSA) is 134 Å². The van der Waals surface area contributed by atoms with Gasteiger partial charge < -0.3 is 18.9 Å². The minimum Gasteiger partial charge on any atom is -0.462 e. The van der Waals surface area contributed by atoms with E-state index in [4.69, 9.17) is 18.9 Å². The van der Waals surface area contributed by atoms with Crippen molar-refractivity contribution >= 4 is 46.6 Å². The van der Waals surface area contributed by atoms with E-state index in [0.29, 0.717) is 5.13 Å². The van der Waals surface area contributed by atoms with Crippen LogP contribution in [0.3, 0.4) is 0 Å². The van der Waals surface area contributed by atoms with Crippen molar-refractivity contribution in [2.24, 2.45) is 5.10 Å². The van der Waals surface area contributed by atoms with Crippen LogP contribution in [0.25, 0.3) is 11.3 Å². The van der Waals surface area contributed by atoms with Gasteiger partial charge in [0.05, 0.1) is 11.9 Å². The summed E-state index contributed by atoms with van der Waals surface area (Å²) in [5.74, 6) is -2.79. The smallest absolute Gasteiger partial charge is 0.303 e. The Morgan fingerprint density at radius 2 is 1.60 bits per heavy atom. The molecule has 0 radical (unpaired) electrons. The molecule has 1 heterocycles. The maximum atomic E-state index is 11.8. The van der Waals surface area contributed by atoms with Gasteiger partial charge in [-0.2, -0.15) is 5.10 Å². The van der Waals surface area contributed by atoms with Crippen LogP contribution < -0.4 is 5.01 Å². The Kier molecular flexibility index (Phi) is 10.3. The van der Waals surface area contributed by atoms with Crippen molar-refractivity contribution in [3.63, 3.8) is 0 Å². The van der Waals surface area contributed by atoms with Crippen LogP contribution in [0.1, 0.15) is 27.7 Å². The first kappa shape index (κ1) is 27.4. The molecule has 188 valence electrons. The van der Waals surface area contributed by atoms with Crippen LogP contribution in [-0.2, 0) is 38.1 Å². The number of hydrazone groups is 1. The summed E-state index contributed by atoms with van der Waals surface area (Å²) in [6.07, 6.45) is -2.64. The Labute approximate surface area is 206 Å². The number of rotatable bonds is 11. The Morgan fingerprint density at radius 1 is 0.971 bits per heavy atom. The lowest BCUT2D eigenvalue weighted by atomic mass is 10.1. The molecule has 3 atom stereocenters. The molecule has 0 aliphatic heterocycles. The van der Waals surface area contributed by atoms with Crippen LogP contribution >= 0.6 is 11.3 Å². The van der Waals surface area contributed by atoms with Crippen molar-refractivity contribution in [1.29, 1.82) is 0 Å².